The Hall–Kier alpha value is -1.03. The number of fused-ring (bicyclic) bond motifs is 1. The molecule has 0 saturated carbocycles. The third-order valence-corrected chi connectivity index (χ3v) is 2.08. The molecule has 2 aromatic heterocycles. The SMILES string of the molecule is Cc1ncnc2sncc12. The monoisotopic (exact) mass is 151 g/mol. The summed E-state index contributed by atoms with van der Waals surface area (Å²) in [7, 11) is 0. The van der Waals surface area contributed by atoms with Gasteiger partial charge in [-0.2, -0.15) is 4.37 Å². The molecule has 0 radical (unpaired) electrons. The van der Waals surface area contributed by atoms with Crippen LogP contribution in [0.1, 0.15) is 5.69 Å². The molecule has 0 bridgehead atoms. The zero-order valence-electron chi connectivity index (χ0n) is 5.40. The first kappa shape index (κ1) is 5.73. The maximum Gasteiger partial charge on any atom is 0.146 e. The first-order valence-electron chi connectivity index (χ1n) is 2.90. The first-order valence-corrected chi connectivity index (χ1v) is 3.67. The van der Waals surface area contributed by atoms with Gasteiger partial charge in [0.15, 0.2) is 0 Å². The highest BCUT2D eigenvalue weighted by atomic mass is 32.1. The summed E-state index contributed by atoms with van der Waals surface area (Å²) in [4.78, 5) is 9.05. The molecule has 0 fully saturated rings. The van der Waals surface area contributed by atoms with Crippen molar-refractivity contribution in [2.45, 2.75) is 6.92 Å². The Bertz CT molecular complexity index is 355. The molecule has 0 amide bonds. The average Bonchev–Trinajstić information content (AvgIpc) is 2.36. The lowest BCUT2D eigenvalue weighted by Gasteiger charge is -1.88. The van der Waals surface area contributed by atoms with Crippen LogP contribution in [0.4, 0.5) is 0 Å². The van der Waals surface area contributed by atoms with Crippen LogP contribution in [0.3, 0.4) is 0 Å². The van der Waals surface area contributed by atoms with Gasteiger partial charge in [-0.25, -0.2) is 9.97 Å². The predicted octanol–water partition coefficient (Wildman–Crippen LogP) is 1.39. The Balaban J connectivity index is 2.95. The van der Waals surface area contributed by atoms with Crippen LogP contribution in [0.5, 0.6) is 0 Å². The summed E-state index contributed by atoms with van der Waals surface area (Å²) in [6.07, 6.45) is 3.37. The van der Waals surface area contributed by atoms with E-state index in [2.05, 4.69) is 14.3 Å². The lowest BCUT2D eigenvalue weighted by molar-refractivity contribution is 1.16. The van der Waals surface area contributed by atoms with E-state index >= 15 is 0 Å². The first-order chi connectivity index (χ1) is 4.88. The van der Waals surface area contributed by atoms with Gasteiger partial charge in [-0.05, 0) is 18.5 Å². The molecule has 0 aliphatic rings. The molecular weight excluding hydrogens is 146 g/mol. The zero-order chi connectivity index (χ0) is 6.97. The van der Waals surface area contributed by atoms with Gasteiger partial charge in [0.25, 0.3) is 0 Å². The van der Waals surface area contributed by atoms with Crippen molar-refractivity contribution >= 4 is 21.7 Å². The molecule has 0 N–H and O–H groups in total. The van der Waals surface area contributed by atoms with Crippen LogP contribution < -0.4 is 0 Å². The quantitative estimate of drug-likeness (QED) is 0.571. The van der Waals surface area contributed by atoms with Crippen molar-refractivity contribution in [3.05, 3.63) is 18.2 Å². The Morgan fingerprint density at radius 1 is 1.40 bits per heavy atom. The number of nitrogens with zero attached hydrogens (tertiary/aromatic N) is 3. The maximum atomic E-state index is 4.05. The minimum absolute atomic E-state index is 0.965. The summed E-state index contributed by atoms with van der Waals surface area (Å²) >= 11 is 1.40. The Labute approximate surface area is 61.9 Å². The fourth-order valence-electron chi connectivity index (χ4n) is 0.812. The van der Waals surface area contributed by atoms with Gasteiger partial charge in [0.05, 0.1) is 17.3 Å². The lowest BCUT2D eigenvalue weighted by Crippen LogP contribution is -1.81. The highest BCUT2D eigenvalue weighted by Gasteiger charge is 1.98. The molecule has 2 heterocycles. The van der Waals surface area contributed by atoms with E-state index in [4.69, 9.17) is 0 Å². The average molecular weight is 151 g/mol. The van der Waals surface area contributed by atoms with Crippen molar-refractivity contribution in [2.75, 3.05) is 0 Å². The second-order valence-electron chi connectivity index (χ2n) is 2.00. The minimum Gasteiger partial charge on any atom is -0.241 e. The van der Waals surface area contributed by atoms with Crippen LogP contribution in [0.2, 0.25) is 0 Å². The molecule has 0 spiro atoms. The summed E-state index contributed by atoms with van der Waals surface area (Å²) < 4.78 is 4.00. The summed E-state index contributed by atoms with van der Waals surface area (Å²) in [5.41, 5.74) is 0.999. The molecule has 0 aliphatic heterocycles. The van der Waals surface area contributed by atoms with E-state index in [0.29, 0.717) is 0 Å². The van der Waals surface area contributed by atoms with Gasteiger partial charge in [0.2, 0.25) is 0 Å². The molecule has 10 heavy (non-hydrogen) atoms. The predicted molar refractivity (Wildman–Crippen MR) is 39.9 cm³/mol. The van der Waals surface area contributed by atoms with E-state index in [1.807, 2.05) is 6.92 Å². The van der Waals surface area contributed by atoms with Crippen molar-refractivity contribution in [3.63, 3.8) is 0 Å². The molecule has 2 rings (SSSR count). The molecule has 0 saturated heterocycles. The topological polar surface area (TPSA) is 38.7 Å². The van der Waals surface area contributed by atoms with Crippen molar-refractivity contribution in [3.8, 4) is 0 Å². The number of aromatic nitrogens is 3. The Morgan fingerprint density at radius 2 is 2.30 bits per heavy atom. The van der Waals surface area contributed by atoms with Gasteiger partial charge in [0.1, 0.15) is 11.2 Å². The third-order valence-electron chi connectivity index (χ3n) is 1.37. The highest BCUT2D eigenvalue weighted by molar-refractivity contribution is 7.12. The van der Waals surface area contributed by atoms with Gasteiger partial charge in [0, 0.05) is 0 Å². The molecule has 0 atom stereocenters. The van der Waals surface area contributed by atoms with E-state index in [9.17, 15) is 0 Å². The van der Waals surface area contributed by atoms with Crippen molar-refractivity contribution < 1.29 is 0 Å². The summed E-state index contributed by atoms with van der Waals surface area (Å²) in [5, 5.41) is 1.06. The van der Waals surface area contributed by atoms with Crippen LogP contribution in [0, 0.1) is 6.92 Å². The lowest BCUT2D eigenvalue weighted by atomic mass is 10.3. The molecule has 3 nitrogen and oxygen atoms in total. The van der Waals surface area contributed by atoms with E-state index in [1.165, 1.54) is 11.5 Å². The van der Waals surface area contributed by atoms with Gasteiger partial charge >= 0.3 is 0 Å². The summed E-state index contributed by atoms with van der Waals surface area (Å²) in [5.74, 6) is 0. The second-order valence-corrected chi connectivity index (χ2v) is 2.78. The van der Waals surface area contributed by atoms with Crippen molar-refractivity contribution in [1.29, 1.82) is 0 Å². The molecule has 0 unspecified atom stereocenters. The zero-order valence-corrected chi connectivity index (χ0v) is 6.22. The van der Waals surface area contributed by atoms with Crippen LogP contribution in [-0.2, 0) is 0 Å². The van der Waals surface area contributed by atoms with Crippen LogP contribution >= 0.6 is 11.5 Å². The normalized spacial score (nSPS) is 10.5. The highest BCUT2D eigenvalue weighted by Crippen LogP contribution is 2.15. The fourth-order valence-corrected chi connectivity index (χ4v) is 1.46. The molecule has 2 aromatic rings. The van der Waals surface area contributed by atoms with E-state index in [0.717, 1.165) is 15.9 Å². The third kappa shape index (κ3) is 0.690. The summed E-state index contributed by atoms with van der Waals surface area (Å²) in [6, 6.07) is 0. The number of hydrogen-bond acceptors (Lipinski definition) is 4. The number of rotatable bonds is 0. The van der Waals surface area contributed by atoms with Gasteiger partial charge in [-0.1, -0.05) is 0 Å². The Morgan fingerprint density at radius 3 is 3.10 bits per heavy atom. The van der Waals surface area contributed by atoms with Crippen molar-refractivity contribution in [2.24, 2.45) is 0 Å². The molecule has 0 aromatic carbocycles. The standard InChI is InChI=1S/C6H5N3S/c1-4-5-2-9-10-6(5)8-3-7-4/h2-3H,1H3. The van der Waals surface area contributed by atoms with Crippen LogP contribution in [-0.4, -0.2) is 14.3 Å². The molecular formula is C6H5N3S. The smallest absolute Gasteiger partial charge is 0.146 e. The number of aryl methyl sites for hydroxylation is 1. The molecule has 0 aliphatic carbocycles. The second kappa shape index (κ2) is 1.98. The summed E-state index contributed by atoms with van der Waals surface area (Å²) in [6.45, 7) is 1.96. The van der Waals surface area contributed by atoms with Gasteiger partial charge < -0.3 is 0 Å². The van der Waals surface area contributed by atoms with E-state index in [-0.39, 0.29) is 0 Å². The molecule has 50 valence electrons. The van der Waals surface area contributed by atoms with Crippen molar-refractivity contribution in [1.82, 2.24) is 14.3 Å². The minimum atomic E-state index is 0.965. The maximum absolute atomic E-state index is 4.05. The largest absolute Gasteiger partial charge is 0.241 e. The van der Waals surface area contributed by atoms with Gasteiger partial charge in [-0.15, -0.1) is 0 Å². The van der Waals surface area contributed by atoms with Gasteiger partial charge in [-0.3, -0.25) is 0 Å². The van der Waals surface area contributed by atoms with Crippen LogP contribution in [0.15, 0.2) is 12.5 Å². The Kier molecular flexibility index (Phi) is 1.14. The molecule has 4 heteroatoms. The van der Waals surface area contributed by atoms with Crippen LogP contribution in [0.25, 0.3) is 10.2 Å². The van der Waals surface area contributed by atoms with E-state index < -0.39 is 0 Å². The van der Waals surface area contributed by atoms with E-state index in [1.54, 1.807) is 12.5 Å². The number of hydrogen-bond donors (Lipinski definition) is 0. The fraction of sp³-hybridized carbons (Fsp3) is 0.167.